The molecule has 0 radical (unpaired) electrons. The molecule has 0 aliphatic carbocycles. The lowest BCUT2D eigenvalue weighted by molar-refractivity contribution is -0.124. The van der Waals surface area contributed by atoms with E-state index in [4.69, 9.17) is 9.15 Å². The minimum atomic E-state index is -0.414. The van der Waals surface area contributed by atoms with E-state index in [9.17, 15) is 9.59 Å². The van der Waals surface area contributed by atoms with Crippen molar-refractivity contribution in [1.29, 1.82) is 0 Å². The van der Waals surface area contributed by atoms with Crippen LogP contribution in [0.15, 0.2) is 39.5 Å². The molecule has 21 heavy (non-hydrogen) atoms. The number of hydrogen-bond donors (Lipinski definition) is 1. The van der Waals surface area contributed by atoms with Crippen molar-refractivity contribution in [2.24, 2.45) is 5.92 Å². The van der Waals surface area contributed by atoms with Gasteiger partial charge in [-0.05, 0) is 31.0 Å². The van der Waals surface area contributed by atoms with Gasteiger partial charge in [0.15, 0.2) is 6.61 Å². The summed E-state index contributed by atoms with van der Waals surface area (Å²) in [5.41, 5.74) is 0.0270. The van der Waals surface area contributed by atoms with Gasteiger partial charge in [0.1, 0.15) is 11.3 Å². The third kappa shape index (κ3) is 4.08. The van der Waals surface area contributed by atoms with E-state index in [1.807, 2.05) is 20.8 Å². The van der Waals surface area contributed by atoms with Gasteiger partial charge in [-0.25, -0.2) is 4.79 Å². The number of carbonyl (C=O) groups is 1. The van der Waals surface area contributed by atoms with Gasteiger partial charge >= 0.3 is 5.63 Å². The van der Waals surface area contributed by atoms with Gasteiger partial charge in [0.25, 0.3) is 5.91 Å². The van der Waals surface area contributed by atoms with E-state index < -0.39 is 5.63 Å². The molecule has 0 aliphatic rings. The zero-order valence-electron chi connectivity index (χ0n) is 12.4. The Bertz CT molecular complexity index is 690. The van der Waals surface area contributed by atoms with Crippen molar-refractivity contribution in [3.05, 3.63) is 40.8 Å². The van der Waals surface area contributed by atoms with E-state index >= 15 is 0 Å². The molecule has 112 valence electrons. The Kier molecular flexibility index (Phi) is 4.62. The molecule has 1 N–H and O–H groups in total. The van der Waals surface area contributed by atoms with Crippen molar-refractivity contribution < 1.29 is 13.9 Å². The summed E-state index contributed by atoms with van der Waals surface area (Å²) in [6.45, 7) is 5.96. The summed E-state index contributed by atoms with van der Waals surface area (Å²) in [7, 11) is 0. The zero-order chi connectivity index (χ0) is 15.4. The van der Waals surface area contributed by atoms with Gasteiger partial charge in [-0.1, -0.05) is 13.8 Å². The lowest BCUT2D eigenvalue weighted by Crippen LogP contribution is -2.38. The Morgan fingerprint density at radius 1 is 1.24 bits per heavy atom. The summed E-state index contributed by atoms with van der Waals surface area (Å²) in [5.74, 6) is 0.680. The first-order valence-electron chi connectivity index (χ1n) is 6.92. The SMILES string of the molecule is CC(C)[C@@H](C)NC(=O)COc1ccc2ccc(=O)oc2c1. The summed E-state index contributed by atoms with van der Waals surface area (Å²) < 4.78 is 10.5. The second kappa shape index (κ2) is 6.43. The van der Waals surface area contributed by atoms with Gasteiger partial charge in [0.05, 0.1) is 0 Å². The van der Waals surface area contributed by atoms with Crippen molar-refractivity contribution >= 4 is 16.9 Å². The third-order valence-corrected chi connectivity index (χ3v) is 3.35. The number of amides is 1. The van der Waals surface area contributed by atoms with Crippen LogP contribution in [0.5, 0.6) is 5.75 Å². The molecule has 0 bridgehead atoms. The summed E-state index contributed by atoms with van der Waals surface area (Å²) in [6.07, 6.45) is 0. The molecule has 2 rings (SSSR count). The summed E-state index contributed by atoms with van der Waals surface area (Å²) in [4.78, 5) is 22.9. The molecule has 1 aromatic heterocycles. The van der Waals surface area contributed by atoms with E-state index in [1.54, 1.807) is 24.3 Å². The minimum Gasteiger partial charge on any atom is -0.484 e. The van der Waals surface area contributed by atoms with Gasteiger partial charge < -0.3 is 14.5 Å². The van der Waals surface area contributed by atoms with Gasteiger partial charge in [0, 0.05) is 23.6 Å². The Balaban J connectivity index is 2.00. The largest absolute Gasteiger partial charge is 0.484 e. The fourth-order valence-electron chi connectivity index (χ4n) is 1.74. The van der Waals surface area contributed by atoms with Crippen LogP contribution in [-0.2, 0) is 4.79 Å². The van der Waals surface area contributed by atoms with Crippen LogP contribution < -0.4 is 15.7 Å². The highest BCUT2D eigenvalue weighted by Crippen LogP contribution is 2.19. The highest BCUT2D eigenvalue weighted by atomic mass is 16.5. The van der Waals surface area contributed by atoms with Crippen LogP contribution in [0.1, 0.15) is 20.8 Å². The summed E-state index contributed by atoms with van der Waals surface area (Å²) in [6, 6.07) is 8.27. The summed E-state index contributed by atoms with van der Waals surface area (Å²) in [5, 5.41) is 3.66. The van der Waals surface area contributed by atoms with Crippen LogP contribution in [0.3, 0.4) is 0 Å². The normalized spacial score (nSPS) is 12.4. The van der Waals surface area contributed by atoms with Gasteiger partial charge in [-0.3, -0.25) is 4.79 Å². The second-order valence-electron chi connectivity index (χ2n) is 5.34. The van der Waals surface area contributed by atoms with Crippen LogP contribution in [0.25, 0.3) is 11.0 Å². The predicted molar refractivity (Wildman–Crippen MR) is 80.4 cm³/mol. The van der Waals surface area contributed by atoms with Crippen molar-refractivity contribution in [3.8, 4) is 5.75 Å². The van der Waals surface area contributed by atoms with Crippen LogP contribution in [-0.4, -0.2) is 18.6 Å². The molecule has 1 amide bonds. The first-order chi connectivity index (χ1) is 9.95. The smallest absolute Gasteiger partial charge is 0.336 e. The number of nitrogens with one attached hydrogen (secondary N) is 1. The van der Waals surface area contributed by atoms with Crippen molar-refractivity contribution in [2.75, 3.05) is 6.61 Å². The standard InChI is InChI=1S/C16H19NO4/c1-10(2)11(3)17-15(18)9-20-13-6-4-12-5-7-16(19)21-14(12)8-13/h4-8,10-11H,9H2,1-3H3,(H,17,18)/t11-/m1/s1. The number of benzene rings is 1. The average Bonchev–Trinajstić information content (AvgIpc) is 2.44. The molecule has 1 heterocycles. The quantitative estimate of drug-likeness (QED) is 0.858. The van der Waals surface area contributed by atoms with Crippen LogP contribution in [0.2, 0.25) is 0 Å². The van der Waals surface area contributed by atoms with E-state index in [2.05, 4.69) is 5.32 Å². The van der Waals surface area contributed by atoms with Gasteiger partial charge in [-0.15, -0.1) is 0 Å². The van der Waals surface area contributed by atoms with Crippen LogP contribution >= 0.6 is 0 Å². The highest BCUT2D eigenvalue weighted by Gasteiger charge is 2.11. The topological polar surface area (TPSA) is 68.5 Å². The van der Waals surface area contributed by atoms with Crippen molar-refractivity contribution in [1.82, 2.24) is 5.32 Å². The third-order valence-electron chi connectivity index (χ3n) is 3.35. The molecular weight excluding hydrogens is 270 g/mol. The summed E-state index contributed by atoms with van der Waals surface area (Å²) >= 11 is 0. The molecule has 0 unspecified atom stereocenters. The fraction of sp³-hybridized carbons (Fsp3) is 0.375. The molecular formula is C16H19NO4. The van der Waals surface area contributed by atoms with E-state index in [1.165, 1.54) is 6.07 Å². The Labute approximate surface area is 122 Å². The minimum absolute atomic E-state index is 0.0698. The van der Waals surface area contributed by atoms with E-state index in [0.29, 0.717) is 17.3 Å². The van der Waals surface area contributed by atoms with Crippen molar-refractivity contribution in [3.63, 3.8) is 0 Å². The van der Waals surface area contributed by atoms with E-state index in [-0.39, 0.29) is 18.6 Å². The molecule has 5 nitrogen and oxygen atoms in total. The lowest BCUT2D eigenvalue weighted by atomic mass is 10.1. The molecule has 0 saturated carbocycles. The number of hydrogen-bond acceptors (Lipinski definition) is 4. The maximum atomic E-state index is 11.7. The number of fused-ring (bicyclic) bond motifs is 1. The number of rotatable bonds is 5. The Morgan fingerprint density at radius 3 is 2.67 bits per heavy atom. The molecule has 0 spiro atoms. The number of ether oxygens (including phenoxy) is 1. The van der Waals surface area contributed by atoms with Crippen molar-refractivity contribution in [2.45, 2.75) is 26.8 Å². The zero-order valence-corrected chi connectivity index (χ0v) is 12.4. The fourth-order valence-corrected chi connectivity index (χ4v) is 1.74. The predicted octanol–water partition coefficient (Wildman–Crippen LogP) is 2.33. The monoisotopic (exact) mass is 289 g/mol. The first kappa shape index (κ1) is 15.1. The lowest BCUT2D eigenvalue weighted by Gasteiger charge is -2.17. The molecule has 5 heteroatoms. The first-order valence-corrected chi connectivity index (χ1v) is 6.92. The maximum Gasteiger partial charge on any atom is 0.336 e. The average molecular weight is 289 g/mol. The maximum absolute atomic E-state index is 11.7. The van der Waals surface area contributed by atoms with Crippen LogP contribution in [0, 0.1) is 5.92 Å². The molecule has 0 saturated heterocycles. The molecule has 0 aliphatic heterocycles. The number of carbonyl (C=O) groups excluding carboxylic acids is 1. The highest BCUT2D eigenvalue weighted by molar-refractivity contribution is 5.79. The second-order valence-corrected chi connectivity index (χ2v) is 5.34. The van der Waals surface area contributed by atoms with Crippen LogP contribution in [0.4, 0.5) is 0 Å². The Hall–Kier alpha value is -2.30. The van der Waals surface area contributed by atoms with Gasteiger partial charge in [-0.2, -0.15) is 0 Å². The molecule has 1 atom stereocenters. The Morgan fingerprint density at radius 2 is 1.95 bits per heavy atom. The molecule has 1 aromatic carbocycles. The molecule has 2 aromatic rings. The van der Waals surface area contributed by atoms with E-state index in [0.717, 1.165) is 5.39 Å². The van der Waals surface area contributed by atoms with Gasteiger partial charge in [0.2, 0.25) is 0 Å². The molecule has 0 fully saturated rings.